The highest BCUT2D eigenvalue weighted by Gasteiger charge is 2.10. The Labute approximate surface area is 124 Å². The molecule has 2 aromatic carbocycles. The summed E-state index contributed by atoms with van der Waals surface area (Å²) in [5.74, 6) is -0.103. The number of hydrogen-bond donors (Lipinski definition) is 2. The number of carbonyl (C=O) groups is 1. The van der Waals surface area contributed by atoms with E-state index in [0.717, 1.165) is 20.2 Å². The molecule has 0 aliphatic rings. The largest absolute Gasteiger partial charge is 0.361 e. The zero-order valence-corrected chi connectivity index (χ0v) is 12.1. The summed E-state index contributed by atoms with van der Waals surface area (Å²) in [6.07, 6.45) is 1.84. The quantitative estimate of drug-likeness (QED) is 0.665. The van der Waals surface area contributed by atoms with Crippen LogP contribution in [0.4, 0.5) is 5.69 Å². The molecular formula is C15H11IN2O. The first-order valence-corrected chi connectivity index (χ1v) is 6.95. The fourth-order valence-corrected chi connectivity index (χ4v) is 2.37. The van der Waals surface area contributed by atoms with Gasteiger partial charge in [-0.05, 0) is 59.0 Å². The van der Waals surface area contributed by atoms with Crippen molar-refractivity contribution in [2.45, 2.75) is 0 Å². The van der Waals surface area contributed by atoms with E-state index in [-0.39, 0.29) is 5.91 Å². The summed E-state index contributed by atoms with van der Waals surface area (Å²) in [4.78, 5) is 15.4. The second kappa shape index (κ2) is 5.05. The van der Waals surface area contributed by atoms with E-state index in [4.69, 9.17) is 0 Å². The van der Waals surface area contributed by atoms with Crippen LogP contribution in [0.2, 0.25) is 0 Å². The smallest absolute Gasteiger partial charge is 0.257 e. The predicted octanol–water partition coefficient (Wildman–Crippen LogP) is 4.02. The number of aromatic nitrogens is 1. The third-order valence-electron chi connectivity index (χ3n) is 2.93. The summed E-state index contributed by atoms with van der Waals surface area (Å²) in [6.45, 7) is 0. The topological polar surface area (TPSA) is 44.9 Å². The first-order valence-electron chi connectivity index (χ1n) is 5.87. The Hall–Kier alpha value is -1.82. The minimum absolute atomic E-state index is 0.103. The Morgan fingerprint density at radius 3 is 2.63 bits per heavy atom. The van der Waals surface area contributed by atoms with Gasteiger partial charge in [-0.2, -0.15) is 0 Å². The Kier molecular flexibility index (Phi) is 3.25. The van der Waals surface area contributed by atoms with E-state index in [1.54, 1.807) is 0 Å². The maximum atomic E-state index is 12.3. The molecule has 4 heteroatoms. The van der Waals surface area contributed by atoms with E-state index in [1.807, 2.05) is 54.7 Å². The van der Waals surface area contributed by atoms with Crippen molar-refractivity contribution in [3.05, 3.63) is 63.9 Å². The van der Waals surface area contributed by atoms with Crippen LogP contribution in [0.1, 0.15) is 10.4 Å². The van der Waals surface area contributed by atoms with E-state index in [9.17, 15) is 4.79 Å². The molecule has 0 atom stereocenters. The number of nitrogens with one attached hydrogen (secondary N) is 2. The first-order chi connectivity index (χ1) is 9.24. The van der Waals surface area contributed by atoms with E-state index in [2.05, 4.69) is 32.9 Å². The van der Waals surface area contributed by atoms with Gasteiger partial charge in [0, 0.05) is 20.8 Å². The van der Waals surface area contributed by atoms with Crippen LogP contribution in [0.3, 0.4) is 0 Å². The number of halogens is 1. The number of aromatic amines is 1. The maximum absolute atomic E-state index is 12.3. The molecule has 0 unspecified atom stereocenters. The van der Waals surface area contributed by atoms with Crippen LogP contribution < -0.4 is 5.32 Å². The maximum Gasteiger partial charge on any atom is 0.257 e. The molecule has 0 fully saturated rings. The second-order valence-corrected chi connectivity index (χ2v) is 5.45. The van der Waals surface area contributed by atoms with Gasteiger partial charge in [-0.1, -0.05) is 12.1 Å². The zero-order valence-electron chi connectivity index (χ0n) is 9.98. The number of para-hydroxylation sites is 1. The van der Waals surface area contributed by atoms with Crippen LogP contribution in [-0.2, 0) is 0 Å². The fraction of sp³-hybridized carbons (Fsp3) is 0. The molecule has 0 saturated carbocycles. The van der Waals surface area contributed by atoms with Gasteiger partial charge in [0.25, 0.3) is 5.91 Å². The summed E-state index contributed by atoms with van der Waals surface area (Å²) < 4.78 is 1.14. The van der Waals surface area contributed by atoms with Gasteiger partial charge in [0.1, 0.15) is 0 Å². The number of anilines is 1. The Morgan fingerprint density at radius 2 is 1.84 bits per heavy atom. The second-order valence-electron chi connectivity index (χ2n) is 4.21. The molecule has 1 aromatic heterocycles. The van der Waals surface area contributed by atoms with Crippen molar-refractivity contribution in [1.29, 1.82) is 0 Å². The summed E-state index contributed by atoms with van der Waals surface area (Å²) in [7, 11) is 0. The summed E-state index contributed by atoms with van der Waals surface area (Å²) in [6, 6.07) is 15.4. The van der Waals surface area contributed by atoms with Gasteiger partial charge in [-0.25, -0.2) is 0 Å². The molecule has 3 aromatic rings. The summed E-state index contributed by atoms with van der Waals surface area (Å²) in [5.41, 5.74) is 2.32. The van der Waals surface area contributed by atoms with Gasteiger partial charge in [-0.3, -0.25) is 4.79 Å². The highest BCUT2D eigenvalue weighted by Crippen LogP contribution is 2.19. The Bertz CT molecular complexity index is 731. The van der Waals surface area contributed by atoms with Crippen molar-refractivity contribution in [2.75, 3.05) is 5.32 Å². The average Bonchev–Trinajstić information content (AvgIpc) is 2.89. The fourth-order valence-electron chi connectivity index (χ4n) is 2.01. The number of H-pyrrole nitrogens is 1. The first kappa shape index (κ1) is 12.2. The van der Waals surface area contributed by atoms with Crippen LogP contribution in [0.5, 0.6) is 0 Å². The van der Waals surface area contributed by atoms with Gasteiger partial charge < -0.3 is 10.3 Å². The van der Waals surface area contributed by atoms with Crippen LogP contribution in [0.25, 0.3) is 10.9 Å². The number of benzene rings is 2. The minimum atomic E-state index is -0.103. The van der Waals surface area contributed by atoms with Crippen molar-refractivity contribution in [2.24, 2.45) is 0 Å². The molecule has 1 amide bonds. The van der Waals surface area contributed by atoms with Crippen molar-refractivity contribution < 1.29 is 4.79 Å². The molecule has 3 nitrogen and oxygen atoms in total. The lowest BCUT2D eigenvalue weighted by Gasteiger charge is -2.06. The van der Waals surface area contributed by atoms with E-state index >= 15 is 0 Å². The van der Waals surface area contributed by atoms with Crippen LogP contribution in [0, 0.1) is 3.57 Å². The standard InChI is InChI=1S/C15H11IN2O/c16-11-4-6-12(7-5-11)18-15(19)13-3-1-2-10-8-9-17-14(10)13/h1-9,17H,(H,18,19). The number of amides is 1. The van der Waals surface area contributed by atoms with Crippen molar-refractivity contribution in [1.82, 2.24) is 4.98 Å². The summed E-state index contributed by atoms with van der Waals surface area (Å²) in [5, 5.41) is 3.94. The lowest BCUT2D eigenvalue weighted by molar-refractivity contribution is 0.102. The van der Waals surface area contributed by atoms with Crippen molar-refractivity contribution in [3.8, 4) is 0 Å². The van der Waals surface area contributed by atoms with Crippen LogP contribution in [-0.4, -0.2) is 10.9 Å². The number of fused-ring (bicyclic) bond motifs is 1. The van der Waals surface area contributed by atoms with E-state index < -0.39 is 0 Å². The molecule has 2 N–H and O–H groups in total. The van der Waals surface area contributed by atoms with Crippen LogP contribution >= 0.6 is 22.6 Å². The highest BCUT2D eigenvalue weighted by atomic mass is 127. The minimum Gasteiger partial charge on any atom is -0.361 e. The molecule has 0 saturated heterocycles. The number of carbonyl (C=O) groups excluding carboxylic acids is 1. The Morgan fingerprint density at radius 1 is 1.05 bits per heavy atom. The van der Waals surface area contributed by atoms with Gasteiger partial charge in [0.15, 0.2) is 0 Å². The third kappa shape index (κ3) is 2.49. The molecule has 0 aliphatic carbocycles. The van der Waals surface area contributed by atoms with Crippen molar-refractivity contribution in [3.63, 3.8) is 0 Å². The van der Waals surface area contributed by atoms with E-state index in [0.29, 0.717) is 5.56 Å². The van der Waals surface area contributed by atoms with Crippen LogP contribution in [0.15, 0.2) is 54.7 Å². The van der Waals surface area contributed by atoms with Gasteiger partial charge in [0.05, 0.1) is 11.1 Å². The van der Waals surface area contributed by atoms with Crippen molar-refractivity contribution >= 4 is 45.1 Å². The average molecular weight is 362 g/mol. The van der Waals surface area contributed by atoms with E-state index in [1.165, 1.54) is 0 Å². The monoisotopic (exact) mass is 362 g/mol. The normalized spacial score (nSPS) is 10.6. The van der Waals surface area contributed by atoms with Gasteiger partial charge in [0.2, 0.25) is 0 Å². The lowest BCUT2D eigenvalue weighted by Crippen LogP contribution is -2.12. The molecule has 94 valence electrons. The Balaban J connectivity index is 1.92. The molecule has 19 heavy (non-hydrogen) atoms. The molecule has 3 rings (SSSR count). The zero-order chi connectivity index (χ0) is 13.2. The molecule has 1 heterocycles. The molecule has 0 radical (unpaired) electrons. The van der Waals surface area contributed by atoms with Gasteiger partial charge >= 0.3 is 0 Å². The third-order valence-corrected chi connectivity index (χ3v) is 3.65. The summed E-state index contributed by atoms with van der Waals surface area (Å²) >= 11 is 2.23. The number of rotatable bonds is 2. The predicted molar refractivity (Wildman–Crippen MR) is 85.4 cm³/mol. The van der Waals surface area contributed by atoms with Gasteiger partial charge in [-0.15, -0.1) is 0 Å². The molecule has 0 spiro atoms. The highest BCUT2D eigenvalue weighted by molar-refractivity contribution is 14.1. The lowest BCUT2D eigenvalue weighted by atomic mass is 10.1. The SMILES string of the molecule is O=C(Nc1ccc(I)cc1)c1cccc2cc[nH]c12. The molecule has 0 bridgehead atoms. The molecular weight excluding hydrogens is 351 g/mol. The number of hydrogen-bond acceptors (Lipinski definition) is 1. The molecule has 0 aliphatic heterocycles.